The minimum atomic E-state index is 0.141. The molecule has 2 aliphatic heterocycles. The van der Waals surface area contributed by atoms with Crippen LogP contribution in [0.25, 0.3) is 22.2 Å². The van der Waals surface area contributed by atoms with Gasteiger partial charge in [0.05, 0.1) is 11.8 Å². The van der Waals surface area contributed by atoms with Gasteiger partial charge in [-0.3, -0.25) is 4.79 Å². The molecule has 7 nitrogen and oxygen atoms in total. The maximum atomic E-state index is 13.1. The fourth-order valence-electron chi connectivity index (χ4n) is 5.61. The van der Waals surface area contributed by atoms with Crippen molar-refractivity contribution in [3.8, 4) is 11.1 Å². The number of nitrogens with one attached hydrogen (secondary N) is 1. The summed E-state index contributed by atoms with van der Waals surface area (Å²) in [5.74, 6) is 0.649. The Hall–Kier alpha value is -3.71. The van der Waals surface area contributed by atoms with Gasteiger partial charge in [0.25, 0.3) is 0 Å². The number of aromatic nitrogens is 3. The molecule has 2 aromatic carbocycles. The molecule has 1 saturated heterocycles. The van der Waals surface area contributed by atoms with Crippen molar-refractivity contribution < 1.29 is 4.79 Å². The zero-order valence-electron chi connectivity index (χ0n) is 20.0. The second kappa shape index (κ2) is 8.82. The Kier molecular flexibility index (Phi) is 5.49. The van der Waals surface area contributed by atoms with E-state index in [1.54, 1.807) is 6.33 Å². The topological polar surface area (TPSA) is 89.1 Å². The highest BCUT2D eigenvalue weighted by molar-refractivity contribution is 6.02. The van der Waals surface area contributed by atoms with Crippen LogP contribution in [-0.2, 0) is 17.6 Å². The van der Waals surface area contributed by atoms with E-state index in [4.69, 9.17) is 5.73 Å². The molecule has 178 valence electrons. The van der Waals surface area contributed by atoms with Crippen LogP contribution >= 0.6 is 0 Å². The number of benzene rings is 2. The fourth-order valence-corrected chi connectivity index (χ4v) is 5.61. The lowest BCUT2D eigenvalue weighted by atomic mass is 10.0. The summed E-state index contributed by atoms with van der Waals surface area (Å²) in [7, 11) is 0. The predicted octanol–water partition coefficient (Wildman–Crippen LogP) is 4.05. The lowest BCUT2D eigenvalue weighted by Gasteiger charge is -2.24. The van der Waals surface area contributed by atoms with E-state index in [2.05, 4.69) is 63.3 Å². The zero-order chi connectivity index (χ0) is 23.9. The Morgan fingerprint density at radius 1 is 1.14 bits per heavy atom. The molecular formula is C28H30N6O. The molecule has 35 heavy (non-hydrogen) atoms. The number of nitrogens with two attached hydrogens (primary N) is 1. The van der Waals surface area contributed by atoms with Crippen molar-refractivity contribution in [2.75, 3.05) is 30.3 Å². The fraction of sp³-hybridized carbons (Fsp3) is 0.321. The normalized spacial score (nSPS) is 16.1. The van der Waals surface area contributed by atoms with E-state index in [1.807, 2.05) is 17.0 Å². The highest BCUT2D eigenvalue weighted by atomic mass is 16.2. The van der Waals surface area contributed by atoms with E-state index in [0.29, 0.717) is 24.8 Å². The molecule has 3 N–H and O–H groups in total. The molecule has 4 aromatic rings. The number of carbonyl (C=O) groups is 1. The number of piperidine rings is 1. The van der Waals surface area contributed by atoms with Crippen molar-refractivity contribution in [2.45, 2.75) is 38.6 Å². The summed E-state index contributed by atoms with van der Waals surface area (Å²) in [5, 5.41) is 4.35. The third kappa shape index (κ3) is 3.96. The minimum Gasteiger partial charge on any atom is -0.383 e. The van der Waals surface area contributed by atoms with Gasteiger partial charge in [-0.15, -0.1) is 0 Å². The molecule has 0 bridgehead atoms. The quantitative estimate of drug-likeness (QED) is 0.474. The summed E-state index contributed by atoms with van der Waals surface area (Å²) in [6.45, 7) is 4.78. The molecule has 7 heteroatoms. The van der Waals surface area contributed by atoms with Crippen molar-refractivity contribution in [1.82, 2.24) is 19.9 Å². The summed E-state index contributed by atoms with van der Waals surface area (Å²) in [5.41, 5.74) is 13.9. The number of rotatable bonds is 4. The largest absolute Gasteiger partial charge is 0.383 e. The van der Waals surface area contributed by atoms with Gasteiger partial charge >= 0.3 is 0 Å². The number of nitrogen functional groups attached to an aromatic ring is 1. The number of hydrogen-bond acceptors (Lipinski definition) is 5. The first-order valence-electron chi connectivity index (χ1n) is 12.4. The Labute approximate surface area is 205 Å². The number of anilines is 2. The Morgan fingerprint density at radius 3 is 2.83 bits per heavy atom. The molecule has 0 atom stereocenters. The van der Waals surface area contributed by atoms with Gasteiger partial charge in [-0.25, -0.2) is 9.97 Å². The van der Waals surface area contributed by atoms with Crippen LogP contribution in [0, 0.1) is 6.92 Å². The zero-order valence-corrected chi connectivity index (χ0v) is 20.0. The van der Waals surface area contributed by atoms with Gasteiger partial charge in [0.15, 0.2) is 0 Å². The van der Waals surface area contributed by atoms with E-state index in [1.165, 1.54) is 11.1 Å². The maximum Gasteiger partial charge on any atom is 0.231 e. The molecule has 2 aromatic heterocycles. The molecule has 1 amide bonds. The van der Waals surface area contributed by atoms with Crippen molar-refractivity contribution in [3.63, 3.8) is 0 Å². The number of nitrogens with zero attached hydrogens (tertiary/aromatic N) is 4. The number of aryl methyl sites for hydroxylation is 1. The molecule has 0 unspecified atom stereocenters. The SMILES string of the molecule is Cc1cccc(CC(=O)N2CCc3cc(-c4cn(C5CCNCC5)c5ncnc(N)c45)ccc32)c1. The highest BCUT2D eigenvalue weighted by Crippen LogP contribution is 2.39. The van der Waals surface area contributed by atoms with Gasteiger partial charge in [-0.05, 0) is 68.1 Å². The van der Waals surface area contributed by atoms with Crippen LogP contribution in [0.15, 0.2) is 55.0 Å². The van der Waals surface area contributed by atoms with Crippen LogP contribution in [0.1, 0.15) is 35.6 Å². The smallest absolute Gasteiger partial charge is 0.231 e. The van der Waals surface area contributed by atoms with Crippen LogP contribution in [0.2, 0.25) is 0 Å². The van der Waals surface area contributed by atoms with Crippen LogP contribution < -0.4 is 16.0 Å². The maximum absolute atomic E-state index is 13.1. The average Bonchev–Trinajstić information content (AvgIpc) is 3.47. The van der Waals surface area contributed by atoms with E-state index >= 15 is 0 Å². The monoisotopic (exact) mass is 466 g/mol. The second-order valence-corrected chi connectivity index (χ2v) is 9.69. The molecular weight excluding hydrogens is 436 g/mol. The van der Waals surface area contributed by atoms with E-state index in [0.717, 1.165) is 65.8 Å². The van der Waals surface area contributed by atoms with Crippen molar-refractivity contribution in [3.05, 3.63) is 71.7 Å². The summed E-state index contributed by atoms with van der Waals surface area (Å²) in [4.78, 5) is 24.0. The standard InChI is InChI=1S/C28H30N6O/c1-18-3-2-4-19(13-18)14-25(35)33-12-9-21-15-20(5-6-24(21)33)23-16-34(22-7-10-30-11-8-22)28-26(23)27(29)31-17-32-28/h2-6,13,15-17,22,30H,7-12,14H2,1H3,(H2,29,31,32). The molecule has 6 rings (SSSR count). The van der Waals surface area contributed by atoms with E-state index in [-0.39, 0.29) is 5.91 Å². The van der Waals surface area contributed by atoms with Gasteiger partial charge < -0.3 is 20.5 Å². The Bertz CT molecular complexity index is 1420. The molecule has 0 radical (unpaired) electrons. The van der Waals surface area contributed by atoms with Gasteiger partial charge in [-0.2, -0.15) is 0 Å². The molecule has 0 spiro atoms. The number of carbonyl (C=O) groups excluding carboxylic acids is 1. The third-order valence-electron chi connectivity index (χ3n) is 7.37. The van der Waals surface area contributed by atoms with Gasteiger partial charge in [0, 0.05) is 30.0 Å². The summed E-state index contributed by atoms with van der Waals surface area (Å²) in [6.07, 6.45) is 7.15. The lowest BCUT2D eigenvalue weighted by Crippen LogP contribution is -2.30. The van der Waals surface area contributed by atoms with Crippen LogP contribution in [0.4, 0.5) is 11.5 Å². The van der Waals surface area contributed by atoms with Crippen LogP contribution in [0.5, 0.6) is 0 Å². The van der Waals surface area contributed by atoms with Crippen molar-refractivity contribution in [2.24, 2.45) is 0 Å². The average molecular weight is 467 g/mol. The van der Waals surface area contributed by atoms with Crippen LogP contribution in [-0.4, -0.2) is 40.1 Å². The highest BCUT2D eigenvalue weighted by Gasteiger charge is 2.27. The van der Waals surface area contributed by atoms with E-state index in [9.17, 15) is 4.79 Å². The predicted molar refractivity (Wildman–Crippen MR) is 139 cm³/mol. The molecule has 2 aliphatic rings. The van der Waals surface area contributed by atoms with Crippen molar-refractivity contribution >= 4 is 28.4 Å². The number of amides is 1. The first-order chi connectivity index (χ1) is 17.1. The lowest BCUT2D eigenvalue weighted by molar-refractivity contribution is -0.117. The first-order valence-corrected chi connectivity index (χ1v) is 12.4. The van der Waals surface area contributed by atoms with Gasteiger partial charge in [0.1, 0.15) is 17.8 Å². The van der Waals surface area contributed by atoms with Crippen molar-refractivity contribution in [1.29, 1.82) is 0 Å². The summed E-state index contributed by atoms with van der Waals surface area (Å²) >= 11 is 0. The number of hydrogen-bond donors (Lipinski definition) is 2. The second-order valence-electron chi connectivity index (χ2n) is 9.69. The molecule has 4 heterocycles. The van der Waals surface area contributed by atoms with Gasteiger partial charge in [-0.1, -0.05) is 35.9 Å². The molecule has 1 fully saturated rings. The van der Waals surface area contributed by atoms with E-state index < -0.39 is 0 Å². The Balaban J connectivity index is 1.34. The number of fused-ring (bicyclic) bond motifs is 2. The molecule has 0 saturated carbocycles. The molecule has 0 aliphatic carbocycles. The summed E-state index contributed by atoms with van der Waals surface area (Å²) in [6, 6.07) is 15.0. The first kappa shape index (κ1) is 21.8. The van der Waals surface area contributed by atoms with Crippen LogP contribution in [0.3, 0.4) is 0 Å². The Morgan fingerprint density at radius 2 is 2.00 bits per heavy atom. The minimum absolute atomic E-state index is 0.141. The summed E-state index contributed by atoms with van der Waals surface area (Å²) < 4.78 is 2.29. The third-order valence-corrected chi connectivity index (χ3v) is 7.37. The van der Waals surface area contributed by atoms with Gasteiger partial charge in [0.2, 0.25) is 5.91 Å².